The Morgan fingerprint density at radius 1 is 1.30 bits per heavy atom. The highest BCUT2D eigenvalue weighted by atomic mass is 32.2. The summed E-state index contributed by atoms with van der Waals surface area (Å²) in [6, 6.07) is 4.80. The zero-order valence-electron chi connectivity index (χ0n) is 12.3. The summed E-state index contributed by atoms with van der Waals surface area (Å²) in [7, 11) is -1.25. The SMILES string of the molecule is CCCNCc1cc(F)cc(N(C)CCS(C)(=O)=O)c1. The molecule has 0 atom stereocenters. The van der Waals surface area contributed by atoms with Crippen LogP contribution in [0, 0.1) is 5.82 Å². The summed E-state index contributed by atoms with van der Waals surface area (Å²) in [4.78, 5) is 1.76. The Morgan fingerprint density at radius 3 is 2.60 bits per heavy atom. The lowest BCUT2D eigenvalue weighted by Gasteiger charge is -2.20. The molecule has 1 N–H and O–H groups in total. The van der Waals surface area contributed by atoms with Crippen LogP contribution in [0.25, 0.3) is 0 Å². The molecule has 0 aromatic heterocycles. The Bertz CT molecular complexity index is 532. The fourth-order valence-electron chi connectivity index (χ4n) is 1.80. The van der Waals surface area contributed by atoms with Gasteiger partial charge >= 0.3 is 0 Å². The largest absolute Gasteiger partial charge is 0.373 e. The van der Waals surface area contributed by atoms with Crippen molar-refractivity contribution in [2.45, 2.75) is 19.9 Å². The molecule has 6 heteroatoms. The van der Waals surface area contributed by atoms with Crippen LogP contribution >= 0.6 is 0 Å². The van der Waals surface area contributed by atoms with Crippen LogP contribution in [-0.4, -0.2) is 40.6 Å². The van der Waals surface area contributed by atoms with Gasteiger partial charge in [0.2, 0.25) is 0 Å². The van der Waals surface area contributed by atoms with E-state index < -0.39 is 9.84 Å². The predicted octanol–water partition coefficient (Wildman–Crippen LogP) is 1.81. The van der Waals surface area contributed by atoms with Gasteiger partial charge in [-0.1, -0.05) is 6.92 Å². The summed E-state index contributed by atoms with van der Waals surface area (Å²) >= 11 is 0. The van der Waals surface area contributed by atoms with Crippen molar-refractivity contribution in [2.75, 3.05) is 37.0 Å². The minimum Gasteiger partial charge on any atom is -0.373 e. The van der Waals surface area contributed by atoms with Crippen LogP contribution < -0.4 is 10.2 Å². The average molecular weight is 302 g/mol. The highest BCUT2D eigenvalue weighted by Gasteiger charge is 2.08. The zero-order chi connectivity index (χ0) is 15.2. The molecule has 0 heterocycles. The first kappa shape index (κ1) is 16.9. The standard InChI is InChI=1S/C14H23FN2O2S/c1-4-5-16-11-12-8-13(15)10-14(9-12)17(2)6-7-20(3,18)19/h8-10,16H,4-7,11H2,1-3H3. The Balaban J connectivity index is 2.73. The Kier molecular flexibility index (Phi) is 6.42. The van der Waals surface area contributed by atoms with E-state index in [-0.39, 0.29) is 11.6 Å². The molecule has 0 saturated carbocycles. The molecule has 0 bridgehead atoms. The lowest BCUT2D eigenvalue weighted by Crippen LogP contribution is -2.25. The number of sulfone groups is 1. The van der Waals surface area contributed by atoms with E-state index in [1.54, 1.807) is 11.9 Å². The van der Waals surface area contributed by atoms with E-state index in [1.807, 2.05) is 6.07 Å². The third-order valence-electron chi connectivity index (χ3n) is 2.94. The first-order valence-corrected chi connectivity index (χ1v) is 8.77. The van der Waals surface area contributed by atoms with Crippen LogP contribution in [0.4, 0.5) is 10.1 Å². The second-order valence-electron chi connectivity index (χ2n) is 5.05. The second-order valence-corrected chi connectivity index (χ2v) is 7.31. The summed E-state index contributed by atoms with van der Waals surface area (Å²) in [6.45, 7) is 3.92. The molecule has 0 radical (unpaired) electrons. The Labute approximate surface area is 120 Å². The first-order valence-electron chi connectivity index (χ1n) is 6.71. The van der Waals surface area contributed by atoms with E-state index in [9.17, 15) is 12.8 Å². The molecule has 0 aliphatic heterocycles. The number of benzene rings is 1. The molecule has 1 aromatic rings. The summed E-state index contributed by atoms with van der Waals surface area (Å²) in [5.74, 6) is -0.245. The molecule has 1 aromatic carbocycles. The van der Waals surface area contributed by atoms with Crippen molar-refractivity contribution in [3.63, 3.8) is 0 Å². The number of hydrogen-bond donors (Lipinski definition) is 1. The van der Waals surface area contributed by atoms with E-state index in [0.717, 1.165) is 18.5 Å². The van der Waals surface area contributed by atoms with Gasteiger partial charge in [-0.05, 0) is 36.7 Å². The van der Waals surface area contributed by atoms with Crippen LogP contribution in [-0.2, 0) is 16.4 Å². The Morgan fingerprint density at radius 2 is 2.00 bits per heavy atom. The normalized spacial score (nSPS) is 11.6. The molecular weight excluding hydrogens is 279 g/mol. The van der Waals surface area contributed by atoms with Crippen molar-refractivity contribution in [3.8, 4) is 0 Å². The maximum Gasteiger partial charge on any atom is 0.149 e. The minimum atomic E-state index is -3.01. The average Bonchev–Trinajstić information content (AvgIpc) is 2.35. The first-order chi connectivity index (χ1) is 9.31. The van der Waals surface area contributed by atoms with Crippen LogP contribution in [0.1, 0.15) is 18.9 Å². The Hall–Kier alpha value is -1.14. The zero-order valence-corrected chi connectivity index (χ0v) is 13.1. The van der Waals surface area contributed by atoms with E-state index in [4.69, 9.17) is 0 Å². The van der Waals surface area contributed by atoms with Gasteiger partial charge in [0.1, 0.15) is 15.7 Å². The molecular formula is C14H23FN2O2S. The van der Waals surface area contributed by atoms with Crippen LogP contribution in [0.15, 0.2) is 18.2 Å². The summed E-state index contributed by atoms with van der Waals surface area (Å²) < 4.78 is 35.9. The molecule has 4 nitrogen and oxygen atoms in total. The van der Waals surface area contributed by atoms with Crippen molar-refractivity contribution < 1.29 is 12.8 Å². The molecule has 0 spiro atoms. The van der Waals surface area contributed by atoms with Gasteiger partial charge in [-0.2, -0.15) is 0 Å². The third-order valence-corrected chi connectivity index (χ3v) is 3.86. The van der Waals surface area contributed by atoms with Crippen molar-refractivity contribution >= 4 is 15.5 Å². The molecule has 0 saturated heterocycles. The molecule has 20 heavy (non-hydrogen) atoms. The monoisotopic (exact) mass is 302 g/mol. The van der Waals surface area contributed by atoms with Gasteiger partial charge in [-0.25, -0.2) is 12.8 Å². The van der Waals surface area contributed by atoms with Gasteiger partial charge in [-0.15, -0.1) is 0 Å². The number of rotatable bonds is 8. The van der Waals surface area contributed by atoms with E-state index in [2.05, 4.69) is 12.2 Å². The number of nitrogens with one attached hydrogen (secondary N) is 1. The van der Waals surface area contributed by atoms with Crippen molar-refractivity contribution in [3.05, 3.63) is 29.6 Å². The summed E-state index contributed by atoms with van der Waals surface area (Å²) in [5, 5.41) is 3.22. The van der Waals surface area contributed by atoms with Gasteiger partial charge in [0.15, 0.2) is 0 Å². The van der Waals surface area contributed by atoms with Crippen molar-refractivity contribution in [2.24, 2.45) is 0 Å². The summed E-state index contributed by atoms with van der Waals surface area (Å²) in [6.07, 6.45) is 2.23. The van der Waals surface area contributed by atoms with Crippen LogP contribution in [0.2, 0.25) is 0 Å². The fourth-order valence-corrected chi connectivity index (χ4v) is 2.40. The highest BCUT2D eigenvalue weighted by molar-refractivity contribution is 7.90. The number of hydrogen-bond acceptors (Lipinski definition) is 4. The van der Waals surface area contributed by atoms with Gasteiger partial charge in [-0.3, -0.25) is 0 Å². The number of halogens is 1. The molecule has 0 unspecified atom stereocenters. The lowest BCUT2D eigenvalue weighted by molar-refractivity contribution is 0.601. The molecule has 0 amide bonds. The molecule has 114 valence electrons. The van der Waals surface area contributed by atoms with E-state index in [1.165, 1.54) is 18.4 Å². The maximum absolute atomic E-state index is 13.6. The quantitative estimate of drug-likeness (QED) is 0.744. The van der Waals surface area contributed by atoms with Gasteiger partial charge < -0.3 is 10.2 Å². The van der Waals surface area contributed by atoms with E-state index >= 15 is 0 Å². The highest BCUT2D eigenvalue weighted by Crippen LogP contribution is 2.17. The second kappa shape index (κ2) is 7.59. The topological polar surface area (TPSA) is 49.4 Å². The minimum absolute atomic E-state index is 0.0590. The van der Waals surface area contributed by atoms with Crippen LogP contribution in [0.5, 0.6) is 0 Å². The van der Waals surface area contributed by atoms with Crippen LogP contribution in [0.3, 0.4) is 0 Å². The van der Waals surface area contributed by atoms with Gasteiger partial charge in [0, 0.05) is 32.1 Å². The van der Waals surface area contributed by atoms with E-state index in [0.29, 0.717) is 18.8 Å². The maximum atomic E-state index is 13.6. The number of nitrogens with zero attached hydrogens (tertiary/aromatic N) is 1. The lowest BCUT2D eigenvalue weighted by atomic mass is 10.1. The third kappa shape index (κ3) is 6.34. The van der Waals surface area contributed by atoms with Gasteiger partial charge in [0.25, 0.3) is 0 Å². The van der Waals surface area contributed by atoms with Crippen molar-refractivity contribution in [1.29, 1.82) is 0 Å². The van der Waals surface area contributed by atoms with Gasteiger partial charge in [0.05, 0.1) is 5.75 Å². The number of anilines is 1. The van der Waals surface area contributed by atoms with Crippen molar-refractivity contribution in [1.82, 2.24) is 5.32 Å². The fraction of sp³-hybridized carbons (Fsp3) is 0.571. The molecule has 0 aliphatic rings. The summed E-state index contributed by atoms with van der Waals surface area (Å²) in [5.41, 5.74) is 1.56. The molecule has 0 aliphatic carbocycles. The predicted molar refractivity (Wildman–Crippen MR) is 81.4 cm³/mol. The smallest absolute Gasteiger partial charge is 0.149 e. The molecule has 1 rings (SSSR count). The molecule has 0 fully saturated rings.